The summed E-state index contributed by atoms with van der Waals surface area (Å²) in [6.07, 6.45) is 0. The van der Waals surface area contributed by atoms with Gasteiger partial charge in [-0.1, -0.05) is 0 Å². The molecule has 0 aliphatic rings. The first kappa shape index (κ1) is 15.2. The molecule has 3 N–H and O–H groups in total. The summed E-state index contributed by atoms with van der Waals surface area (Å²) >= 11 is 2.88. The van der Waals surface area contributed by atoms with Crippen molar-refractivity contribution in [2.24, 2.45) is 0 Å². The molecule has 20 heavy (non-hydrogen) atoms. The van der Waals surface area contributed by atoms with Crippen LogP contribution in [0.15, 0.2) is 5.38 Å². The number of nitrogen functional groups attached to an aromatic ring is 1. The predicted molar refractivity (Wildman–Crippen MR) is 83.5 cm³/mol. The van der Waals surface area contributed by atoms with Gasteiger partial charge in [0.2, 0.25) is 0 Å². The lowest BCUT2D eigenvalue weighted by atomic mass is 10.3. The molecule has 0 unspecified atom stereocenters. The number of hydrogen-bond donors (Lipinski definition) is 2. The summed E-state index contributed by atoms with van der Waals surface area (Å²) in [6.45, 7) is 3.79. The third kappa shape index (κ3) is 3.26. The van der Waals surface area contributed by atoms with Crippen LogP contribution in [0.3, 0.4) is 0 Å². The van der Waals surface area contributed by atoms with E-state index < -0.39 is 0 Å². The predicted octanol–water partition coefficient (Wildman–Crippen LogP) is 1.60. The Labute approximate surface area is 126 Å². The molecule has 110 valence electrons. The zero-order valence-corrected chi connectivity index (χ0v) is 13.1. The van der Waals surface area contributed by atoms with Gasteiger partial charge in [-0.3, -0.25) is 0 Å². The fourth-order valence-electron chi connectivity index (χ4n) is 1.82. The van der Waals surface area contributed by atoms with Crippen LogP contribution in [0.5, 0.6) is 0 Å². The van der Waals surface area contributed by atoms with Gasteiger partial charge in [-0.2, -0.15) is 4.37 Å². The van der Waals surface area contributed by atoms with E-state index in [1.807, 2.05) is 17.2 Å². The second kappa shape index (κ2) is 6.98. The molecule has 0 saturated carbocycles. The van der Waals surface area contributed by atoms with Gasteiger partial charge >= 0.3 is 0 Å². The van der Waals surface area contributed by atoms with Gasteiger partial charge in [0, 0.05) is 31.3 Å². The molecule has 0 atom stereocenters. The van der Waals surface area contributed by atoms with Crippen molar-refractivity contribution in [3.8, 4) is 10.6 Å². The molecular formula is C12H18N4O2S2. The molecule has 0 aromatic carbocycles. The van der Waals surface area contributed by atoms with E-state index in [4.69, 9.17) is 10.5 Å². The van der Waals surface area contributed by atoms with Gasteiger partial charge in [-0.05, 0) is 18.5 Å². The monoisotopic (exact) mass is 314 g/mol. The van der Waals surface area contributed by atoms with E-state index >= 15 is 0 Å². The van der Waals surface area contributed by atoms with E-state index in [1.54, 1.807) is 18.4 Å². The summed E-state index contributed by atoms with van der Waals surface area (Å²) in [5.41, 5.74) is 7.81. The van der Waals surface area contributed by atoms with Gasteiger partial charge in [0.25, 0.3) is 0 Å². The molecular weight excluding hydrogens is 296 g/mol. The topological polar surface area (TPSA) is 84.5 Å². The number of aromatic nitrogens is 2. The van der Waals surface area contributed by atoms with Crippen molar-refractivity contribution in [2.45, 2.75) is 6.92 Å². The zero-order chi connectivity index (χ0) is 14.5. The minimum absolute atomic E-state index is 0.0673. The van der Waals surface area contributed by atoms with E-state index in [1.165, 1.54) is 11.5 Å². The number of ether oxygens (including phenoxy) is 1. The molecule has 2 aromatic heterocycles. The van der Waals surface area contributed by atoms with E-state index in [9.17, 15) is 5.11 Å². The maximum absolute atomic E-state index is 9.23. The van der Waals surface area contributed by atoms with Crippen LogP contribution in [0.1, 0.15) is 5.69 Å². The summed E-state index contributed by atoms with van der Waals surface area (Å²) in [7, 11) is 1.66. The molecule has 2 aromatic rings. The molecule has 0 saturated heterocycles. The van der Waals surface area contributed by atoms with Crippen molar-refractivity contribution in [3.05, 3.63) is 11.1 Å². The van der Waals surface area contributed by atoms with Gasteiger partial charge in [-0.15, -0.1) is 11.3 Å². The van der Waals surface area contributed by atoms with Crippen LogP contribution in [0.2, 0.25) is 0 Å². The van der Waals surface area contributed by atoms with Crippen molar-refractivity contribution in [1.82, 2.24) is 9.36 Å². The average molecular weight is 314 g/mol. The summed E-state index contributed by atoms with van der Waals surface area (Å²) < 4.78 is 9.35. The van der Waals surface area contributed by atoms with Gasteiger partial charge in [0.1, 0.15) is 15.8 Å². The third-order valence-electron chi connectivity index (χ3n) is 2.76. The van der Waals surface area contributed by atoms with Crippen LogP contribution in [0.25, 0.3) is 10.6 Å². The number of methoxy groups -OCH3 is 1. The molecule has 0 bridgehead atoms. The first-order chi connectivity index (χ1) is 9.67. The highest BCUT2D eigenvalue weighted by Gasteiger charge is 2.21. The molecule has 2 heterocycles. The Balaban J connectivity index is 2.35. The number of aryl methyl sites for hydroxylation is 1. The Morgan fingerprint density at radius 3 is 2.85 bits per heavy atom. The van der Waals surface area contributed by atoms with Crippen molar-refractivity contribution < 1.29 is 9.84 Å². The molecule has 0 aliphatic carbocycles. The lowest BCUT2D eigenvalue weighted by Gasteiger charge is -2.22. The lowest BCUT2D eigenvalue weighted by molar-refractivity contribution is 0.203. The fraction of sp³-hybridized carbons (Fsp3) is 0.500. The zero-order valence-electron chi connectivity index (χ0n) is 11.5. The van der Waals surface area contributed by atoms with Crippen LogP contribution in [0, 0.1) is 6.92 Å². The number of nitrogens with zero attached hydrogens (tertiary/aromatic N) is 3. The smallest absolute Gasteiger partial charge is 0.149 e. The van der Waals surface area contributed by atoms with Crippen molar-refractivity contribution >= 4 is 33.7 Å². The Bertz CT molecular complexity index is 555. The minimum Gasteiger partial charge on any atom is -0.395 e. The molecule has 0 aliphatic heterocycles. The van der Waals surface area contributed by atoms with Crippen molar-refractivity contribution in [2.75, 3.05) is 44.0 Å². The first-order valence-electron chi connectivity index (χ1n) is 6.19. The number of thiazole rings is 1. The first-order valence-corrected chi connectivity index (χ1v) is 7.85. The van der Waals surface area contributed by atoms with E-state index in [-0.39, 0.29) is 6.61 Å². The molecule has 0 spiro atoms. The normalized spacial score (nSPS) is 10.9. The SMILES string of the molecule is COCCN(CCO)c1snc(N)c1-c1nc(C)cs1. The van der Waals surface area contributed by atoms with E-state index in [0.717, 1.165) is 21.3 Å². The summed E-state index contributed by atoms with van der Waals surface area (Å²) in [5.74, 6) is 0.486. The highest BCUT2D eigenvalue weighted by molar-refractivity contribution is 7.15. The molecule has 2 rings (SSSR count). The largest absolute Gasteiger partial charge is 0.395 e. The van der Waals surface area contributed by atoms with Crippen molar-refractivity contribution in [1.29, 1.82) is 0 Å². The molecule has 0 radical (unpaired) electrons. The Kier molecular flexibility index (Phi) is 5.30. The average Bonchev–Trinajstić information content (AvgIpc) is 3.00. The Morgan fingerprint density at radius 1 is 1.45 bits per heavy atom. The van der Waals surface area contributed by atoms with Gasteiger partial charge < -0.3 is 20.5 Å². The number of nitrogens with two attached hydrogens (primary N) is 1. The molecule has 6 nitrogen and oxygen atoms in total. The number of rotatable bonds is 7. The second-order valence-corrected chi connectivity index (χ2v) is 5.86. The quantitative estimate of drug-likeness (QED) is 0.807. The van der Waals surface area contributed by atoms with Crippen LogP contribution in [-0.4, -0.2) is 47.9 Å². The van der Waals surface area contributed by atoms with Crippen molar-refractivity contribution in [3.63, 3.8) is 0 Å². The Morgan fingerprint density at radius 2 is 2.25 bits per heavy atom. The maximum Gasteiger partial charge on any atom is 0.149 e. The third-order valence-corrected chi connectivity index (χ3v) is 4.66. The van der Waals surface area contributed by atoms with Crippen LogP contribution < -0.4 is 10.6 Å². The maximum atomic E-state index is 9.23. The Hall–Kier alpha value is -1.22. The van der Waals surface area contributed by atoms with E-state index in [2.05, 4.69) is 9.36 Å². The van der Waals surface area contributed by atoms with Crippen LogP contribution >= 0.6 is 22.9 Å². The molecule has 0 amide bonds. The number of hydrogen-bond acceptors (Lipinski definition) is 8. The summed E-state index contributed by atoms with van der Waals surface area (Å²) in [5, 5.41) is 13.0. The number of aliphatic hydroxyl groups is 1. The molecule has 0 fully saturated rings. The highest BCUT2D eigenvalue weighted by atomic mass is 32.1. The van der Waals surface area contributed by atoms with Gasteiger partial charge in [0.05, 0.1) is 18.8 Å². The standard InChI is InChI=1S/C12H18N4O2S2/c1-8-7-19-11(14-8)9-10(13)15-20-12(9)16(3-5-17)4-6-18-2/h7,17H,3-6H2,1-2H3,(H2,13,15). The summed E-state index contributed by atoms with van der Waals surface area (Å²) in [4.78, 5) is 6.51. The van der Waals surface area contributed by atoms with Crippen LogP contribution in [0.4, 0.5) is 10.8 Å². The minimum atomic E-state index is 0.0673. The molecule has 8 heteroatoms. The fourth-order valence-corrected chi connectivity index (χ4v) is 3.60. The van der Waals surface area contributed by atoms with E-state index in [0.29, 0.717) is 25.5 Å². The number of anilines is 2. The van der Waals surface area contributed by atoms with Gasteiger partial charge in [0.15, 0.2) is 0 Å². The van der Waals surface area contributed by atoms with Gasteiger partial charge in [-0.25, -0.2) is 4.98 Å². The highest BCUT2D eigenvalue weighted by Crippen LogP contribution is 2.40. The summed E-state index contributed by atoms with van der Waals surface area (Å²) in [6, 6.07) is 0. The number of aliphatic hydroxyl groups excluding tert-OH is 1. The second-order valence-electron chi connectivity index (χ2n) is 4.25. The lowest BCUT2D eigenvalue weighted by Crippen LogP contribution is -2.29. The van der Waals surface area contributed by atoms with Crippen LogP contribution in [-0.2, 0) is 4.74 Å².